The summed E-state index contributed by atoms with van der Waals surface area (Å²) in [5.74, 6) is -2.40. The Morgan fingerprint density at radius 3 is 2.50 bits per heavy atom. The number of fused-ring (bicyclic) bond motifs is 5. The monoisotopic (exact) mass is 529 g/mol. The van der Waals surface area contributed by atoms with Gasteiger partial charge in [0.15, 0.2) is 11.6 Å². The second-order valence-electron chi connectivity index (χ2n) is 10.1. The number of aliphatic hydroxyl groups excluding tert-OH is 1. The van der Waals surface area contributed by atoms with E-state index in [1.165, 1.54) is 12.3 Å². The summed E-state index contributed by atoms with van der Waals surface area (Å²) in [6, 6.07) is 5.28. The van der Waals surface area contributed by atoms with Crippen LogP contribution in [0.3, 0.4) is 0 Å². The van der Waals surface area contributed by atoms with E-state index in [-0.39, 0.29) is 28.7 Å². The predicted octanol–water partition coefficient (Wildman–Crippen LogP) is 4.80. The highest BCUT2D eigenvalue weighted by atomic mass is 19.4. The highest BCUT2D eigenvalue weighted by Gasteiger charge is 2.65. The van der Waals surface area contributed by atoms with E-state index in [9.17, 15) is 27.1 Å². The number of hydrogen-bond acceptors (Lipinski definition) is 7. The number of aromatic amines is 1. The third kappa shape index (κ3) is 3.30. The Balaban J connectivity index is 1.45. The van der Waals surface area contributed by atoms with Crippen molar-refractivity contribution < 1.29 is 27.1 Å². The van der Waals surface area contributed by atoms with E-state index in [1.807, 2.05) is 0 Å². The van der Waals surface area contributed by atoms with Gasteiger partial charge in [0.25, 0.3) is 0 Å². The standard InChI is InChI=1S/C25H20F5N7O/c1-23(2)12-6-7-24(23,19-11(12)8-15(34-35-19)18-13(26)4-3-5-14(18)27)17-10-31-9-16(32-17)21-33-22(37-36-21)20(38)25(28,29)30/h3-5,8-10,12,20,38H,6-7H2,1-2H3,(H,33,36,37)/t12-,20+,24-/m0/s1. The molecule has 0 aliphatic heterocycles. The summed E-state index contributed by atoms with van der Waals surface area (Å²) in [6.45, 7) is 4.10. The van der Waals surface area contributed by atoms with Crippen molar-refractivity contribution in [2.24, 2.45) is 5.41 Å². The summed E-state index contributed by atoms with van der Waals surface area (Å²) in [7, 11) is 0. The summed E-state index contributed by atoms with van der Waals surface area (Å²) in [4.78, 5) is 12.7. The van der Waals surface area contributed by atoms with Crippen LogP contribution in [0.2, 0.25) is 0 Å². The van der Waals surface area contributed by atoms with E-state index in [2.05, 4.69) is 49.2 Å². The first-order valence-electron chi connectivity index (χ1n) is 11.8. The van der Waals surface area contributed by atoms with Crippen molar-refractivity contribution in [1.82, 2.24) is 35.3 Å². The summed E-state index contributed by atoms with van der Waals surface area (Å²) >= 11 is 0. The van der Waals surface area contributed by atoms with Crippen LogP contribution in [0, 0.1) is 17.0 Å². The molecule has 0 amide bonds. The average Bonchev–Trinajstić information content (AvgIpc) is 3.51. The largest absolute Gasteiger partial charge is 0.421 e. The Labute approximate surface area is 212 Å². The fourth-order valence-corrected chi connectivity index (χ4v) is 6.10. The molecule has 0 radical (unpaired) electrons. The van der Waals surface area contributed by atoms with Crippen LogP contribution in [0.4, 0.5) is 22.0 Å². The highest BCUT2D eigenvalue weighted by molar-refractivity contribution is 5.64. The summed E-state index contributed by atoms with van der Waals surface area (Å²) in [5.41, 5.74) is 0.724. The van der Waals surface area contributed by atoms with Crippen LogP contribution >= 0.6 is 0 Å². The molecule has 1 saturated carbocycles. The molecule has 38 heavy (non-hydrogen) atoms. The fraction of sp³-hybridized carbons (Fsp3) is 0.360. The second-order valence-corrected chi connectivity index (χ2v) is 10.1. The number of hydrogen-bond donors (Lipinski definition) is 2. The van der Waals surface area contributed by atoms with Gasteiger partial charge in [-0.1, -0.05) is 19.9 Å². The van der Waals surface area contributed by atoms with Gasteiger partial charge in [0.1, 0.15) is 17.3 Å². The lowest BCUT2D eigenvalue weighted by Gasteiger charge is -2.37. The number of rotatable bonds is 4. The number of H-pyrrole nitrogens is 1. The van der Waals surface area contributed by atoms with Gasteiger partial charge in [-0.2, -0.15) is 23.4 Å². The number of aromatic nitrogens is 7. The van der Waals surface area contributed by atoms with Gasteiger partial charge in [0.2, 0.25) is 6.10 Å². The lowest BCUT2D eigenvalue weighted by Crippen LogP contribution is -2.38. The number of nitrogens with zero attached hydrogens (tertiary/aromatic N) is 6. The molecule has 1 aromatic carbocycles. The zero-order valence-electron chi connectivity index (χ0n) is 20.1. The molecule has 3 heterocycles. The van der Waals surface area contributed by atoms with Gasteiger partial charge < -0.3 is 5.11 Å². The molecule has 0 saturated heterocycles. The van der Waals surface area contributed by atoms with E-state index >= 15 is 0 Å². The molecule has 6 rings (SSSR count). The van der Waals surface area contributed by atoms with Gasteiger partial charge in [-0.3, -0.25) is 10.1 Å². The Kier molecular flexibility index (Phi) is 5.19. The molecule has 1 fully saturated rings. The van der Waals surface area contributed by atoms with Crippen LogP contribution in [0.15, 0.2) is 36.7 Å². The van der Waals surface area contributed by atoms with Crippen molar-refractivity contribution in [2.75, 3.05) is 0 Å². The first-order valence-corrected chi connectivity index (χ1v) is 11.8. The van der Waals surface area contributed by atoms with Gasteiger partial charge in [0, 0.05) is 6.20 Å². The first-order chi connectivity index (χ1) is 17.9. The molecular weight excluding hydrogens is 509 g/mol. The number of nitrogens with one attached hydrogen (secondary N) is 1. The molecule has 3 aromatic heterocycles. The molecule has 13 heteroatoms. The minimum atomic E-state index is -4.93. The zero-order valence-corrected chi connectivity index (χ0v) is 20.1. The van der Waals surface area contributed by atoms with Gasteiger partial charge >= 0.3 is 6.18 Å². The van der Waals surface area contributed by atoms with Gasteiger partial charge in [-0.15, -0.1) is 5.10 Å². The third-order valence-corrected chi connectivity index (χ3v) is 7.97. The van der Waals surface area contributed by atoms with Crippen molar-refractivity contribution >= 4 is 0 Å². The summed E-state index contributed by atoms with van der Waals surface area (Å²) < 4.78 is 67.6. The van der Waals surface area contributed by atoms with E-state index < -0.39 is 40.6 Å². The number of aliphatic hydroxyl groups is 1. The first kappa shape index (κ1) is 24.5. The number of halogens is 5. The quantitative estimate of drug-likeness (QED) is 0.365. The van der Waals surface area contributed by atoms with Crippen LogP contribution in [0.25, 0.3) is 22.8 Å². The smallest absolute Gasteiger partial charge is 0.377 e. The van der Waals surface area contributed by atoms with Crippen molar-refractivity contribution in [2.45, 2.75) is 50.3 Å². The molecule has 2 aliphatic carbocycles. The van der Waals surface area contributed by atoms with Crippen LogP contribution in [0.1, 0.15) is 61.5 Å². The van der Waals surface area contributed by atoms with E-state index in [0.717, 1.165) is 24.1 Å². The van der Waals surface area contributed by atoms with Crippen LogP contribution in [-0.4, -0.2) is 46.6 Å². The fourth-order valence-electron chi connectivity index (χ4n) is 6.10. The minimum absolute atomic E-state index is 0.00847. The maximum Gasteiger partial charge on any atom is 0.421 e. The normalized spacial score (nSPS) is 22.5. The Morgan fingerprint density at radius 2 is 1.79 bits per heavy atom. The van der Waals surface area contributed by atoms with Crippen LogP contribution in [-0.2, 0) is 5.41 Å². The van der Waals surface area contributed by atoms with Gasteiger partial charge in [0.05, 0.1) is 34.3 Å². The second kappa shape index (κ2) is 8.06. The van der Waals surface area contributed by atoms with E-state index in [4.69, 9.17) is 0 Å². The van der Waals surface area contributed by atoms with Crippen molar-refractivity contribution in [3.63, 3.8) is 0 Å². The molecule has 0 spiro atoms. The summed E-state index contributed by atoms with van der Waals surface area (Å²) in [6.07, 6.45) is -3.48. The van der Waals surface area contributed by atoms with Crippen LogP contribution in [0.5, 0.6) is 0 Å². The van der Waals surface area contributed by atoms with Crippen molar-refractivity contribution in [1.29, 1.82) is 0 Å². The predicted molar refractivity (Wildman–Crippen MR) is 122 cm³/mol. The Hall–Kier alpha value is -3.87. The molecule has 8 nitrogen and oxygen atoms in total. The number of alkyl halides is 3. The molecule has 2 aliphatic rings. The van der Waals surface area contributed by atoms with Crippen molar-refractivity contribution in [3.8, 4) is 22.8 Å². The van der Waals surface area contributed by atoms with E-state index in [0.29, 0.717) is 17.8 Å². The molecule has 2 bridgehead atoms. The molecule has 3 atom stereocenters. The molecule has 0 unspecified atom stereocenters. The number of benzene rings is 1. The molecular formula is C25H20F5N7O. The average molecular weight is 529 g/mol. The molecule has 196 valence electrons. The van der Waals surface area contributed by atoms with Gasteiger partial charge in [-0.25, -0.2) is 18.7 Å². The Bertz CT molecular complexity index is 1550. The molecule has 4 aromatic rings. The van der Waals surface area contributed by atoms with E-state index in [1.54, 1.807) is 12.3 Å². The maximum atomic E-state index is 14.5. The maximum absolute atomic E-state index is 14.5. The van der Waals surface area contributed by atoms with Crippen LogP contribution < -0.4 is 0 Å². The summed E-state index contributed by atoms with van der Waals surface area (Å²) in [5, 5.41) is 24.0. The Morgan fingerprint density at radius 1 is 1.05 bits per heavy atom. The zero-order chi connectivity index (χ0) is 27.0. The topological polar surface area (TPSA) is 113 Å². The highest BCUT2D eigenvalue weighted by Crippen LogP contribution is 2.69. The minimum Gasteiger partial charge on any atom is -0.377 e. The SMILES string of the molecule is CC1(C)[C@H]2CC[C@]1(c1cncc(-c3nc([C@@H](O)C(F)(F)F)n[nH]3)n1)c1nnc(-c3c(F)cccc3F)cc12. The molecule has 2 N–H and O–H groups in total. The lowest BCUT2D eigenvalue weighted by atomic mass is 9.66. The van der Waals surface area contributed by atoms with Crippen molar-refractivity contribution in [3.05, 3.63) is 71.1 Å². The van der Waals surface area contributed by atoms with Gasteiger partial charge in [-0.05, 0) is 47.9 Å². The lowest BCUT2D eigenvalue weighted by molar-refractivity contribution is -0.209. The third-order valence-electron chi connectivity index (χ3n) is 7.97.